The van der Waals surface area contributed by atoms with Crippen molar-refractivity contribution in [3.05, 3.63) is 48.0 Å². The second-order valence-electron chi connectivity index (χ2n) is 4.71. The number of carbonyl (C=O) groups excluding carboxylic acids is 1. The minimum atomic E-state index is -0.220. The Morgan fingerprint density at radius 3 is 2.43 bits per heavy atom. The van der Waals surface area contributed by atoms with Crippen LogP contribution in [0.3, 0.4) is 0 Å². The molecule has 5 heteroatoms. The quantitative estimate of drug-likeness (QED) is 0.845. The molecule has 0 aromatic heterocycles. The molecule has 1 N–H and O–H groups in total. The lowest BCUT2D eigenvalue weighted by Gasteiger charge is -2.12. The van der Waals surface area contributed by atoms with Crippen LogP contribution < -0.4 is 19.5 Å². The van der Waals surface area contributed by atoms with Crippen molar-refractivity contribution in [2.24, 2.45) is 0 Å². The van der Waals surface area contributed by atoms with Gasteiger partial charge < -0.3 is 19.5 Å². The summed E-state index contributed by atoms with van der Waals surface area (Å²) >= 11 is 0. The zero-order valence-corrected chi connectivity index (χ0v) is 13.6. The van der Waals surface area contributed by atoms with E-state index in [2.05, 4.69) is 5.32 Å². The molecule has 0 aliphatic rings. The molecule has 5 nitrogen and oxygen atoms in total. The predicted octanol–water partition coefficient (Wildman–Crippen LogP) is 3.74. The summed E-state index contributed by atoms with van der Waals surface area (Å²) in [6, 6.07) is 12.3. The van der Waals surface area contributed by atoms with Crippen LogP contribution in [0.1, 0.15) is 24.2 Å². The standard InChI is InChI=1S/C18H21NO4/c1-4-22-16-10-9-13(11-17(16)23-5-2)18(20)19-14-7-6-8-15(12-14)21-3/h6-12H,4-5H2,1-3H3,(H,19,20). The highest BCUT2D eigenvalue weighted by Gasteiger charge is 2.12. The maximum Gasteiger partial charge on any atom is 0.255 e. The van der Waals surface area contributed by atoms with E-state index in [0.717, 1.165) is 0 Å². The molecule has 0 bridgehead atoms. The van der Waals surface area contributed by atoms with E-state index >= 15 is 0 Å². The largest absolute Gasteiger partial charge is 0.497 e. The van der Waals surface area contributed by atoms with E-state index < -0.39 is 0 Å². The molecule has 0 spiro atoms. The Morgan fingerprint density at radius 2 is 1.74 bits per heavy atom. The van der Waals surface area contributed by atoms with Crippen molar-refractivity contribution >= 4 is 11.6 Å². The van der Waals surface area contributed by atoms with Gasteiger partial charge in [-0.1, -0.05) is 6.07 Å². The number of hydrogen-bond acceptors (Lipinski definition) is 4. The predicted molar refractivity (Wildman–Crippen MR) is 89.7 cm³/mol. The molecule has 0 saturated carbocycles. The average Bonchev–Trinajstić information content (AvgIpc) is 2.57. The SMILES string of the molecule is CCOc1ccc(C(=O)Nc2cccc(OC)c2)cc1OCC. The zero-order valence-electron chi connectivity index (χ0n) is 13.6. The van der Waals surface area contributed by atoms with E-state index in [1.165, 1.54) is 0 Å². The van der Waals surface area contributed by atoms with Gasteiger partial charge in [-0.25, -0.2) is 0 Å². The number of nitrogens with one attached hydrogen (secondary N) is 1. The molecule has 1 amide bonds. The molecule has 0 atom stereocenters. The van der Waals surface area contributed by atoms with Gasteiger partial charge in [0.1, 0.15) is 5.75 Å². The first-order chi connectivity index (χ1) is 11.2. The smallest absolute Gasteiger partial charge is 0.255 e. The van der Waals surface area contributed by atoms with Crippen LogP contribution in [0.25, 0.3) is 0 Å². The molecule has 0 radical (unpaired) electrons. The highest BCUT2D eigenvalue weighted by Crippen LogP contribution is 2.29. The van der Waals surface area contributed by atoms with Gasteiger partial charge in [0.15, 0.2) is 11.5 Å². The van der Waals surface area contributed by atoms with Crippen LogP contribution in [0.2, 0.25) is 0 Å². The monoisotopic (exact) mass is 315 g/mol. The Hall–Kier alpha value is -2.69. The molecular weight excluding hydrogens is 294 g/mol. The third-order valence-corrected chi connectivity index (χ3v) is 3.13. The molecule has 0 fully saturated rings. The Labute approximate surface area is 136 Å². The molecule has 0 aliphatic carbocycles. The van der Waals surface area contributed by atoms with Crippen molar-refractivity contribution in [3.8, 4) is 17.2 Å². The van der Waals surface area contributed by atoms with Crippen molar-refractivity contribution in [1.82, 2.24) is 0 Å². The zero-order chi connectivity index (χ0) is 16.7. The minimum absolute atomic E-state index is 0.220. The highest BCUT2D eigenvalue weighted by molar-refractivity contribution is 6.04. The summed E-state index contributed by atoms with van der Waals surface area (Å²) in [5.41, 5.74) is 1.17. The van der Waals surface area contributed by atoms with Gasteiger partial charge in [0, 0.05) is 17.3 Å². The van der Waals surface area contributed by atoms with Crippen molar-refractivity contribution in [3.63, 3.8) is 0 Å². The van der Waals surface area contributed by atoms with Crippen LogP contribution in [0.4, 0.5) is 5.69 Å². The van der Waals surface area contributed by atoms with Crippen molar-refractivity contribution in [2.75, 3.05) is 25.6 Å². The first kappa shape index (κ1) is 16.7. The lowest BCUT2D eigenvalue weighted by Crippen LogP contribution is -2.12. The fourth-order valence-corrected chi connectivity index (χ4v) is 2.10. The lowest BCUT2D eigenvalue weighted by molar-refractivity contribution is 0.102. The summed E-state index contributed by atoms with van der Waals surface area (Å²) in [7, 11) is 1.59. The van der Waals surface area contributed by atoms with Crippen LogP contribution in [0.5, 0.6) is 17.2 Å². The molecule has 0 saturated heterocycles. The number of rotatable bonds is 7. The Morgan fingerprint density at radius 1 is 1.00 bits per heavy atom. The summed E-state index contributed by atoms with van der Waals surface area (Å²) in [5, 5.41) is 2.84. The average molecular weight is 315 g/mol. The van der Waals surface area contributed by atoms with E-state index in [4.69, 9.17) is 14.2 Å². The molecule has 23 heavy (non-hydrogen) atoms. The van der Waals surface area contributed by atoms with Gasteiger partial charge in [0.2, 0.25) is 0 Å². The molecule has 0 heterocycles. The van der Waals surface area contributed by atoms with Gasteiger partial charge in [0.25, 0.3) is 5.91 Å². The Kier molecular flexibility index (Phi) is 5.86. The molecule has 2 aromatic rings. The third kappa shape index (κ3) is 4.39. The van der Waals surface area contributed by atoms with Crippen LogP contribution in [0, 0.1) is 0 Å². The fourth-order valence-electron chi connectivity index (χ4n) is 2.10. The van der Waals surface area contributed by atoms with Crippen molar-refractivity contribution in [2.45, 2.75) is 13.8 Å². The van der Waals surface area contributed by atoms with Crippen molar-refractivity contribution in [1.29, 1.82) is 0 Å². The first-order valence-electron chi connectivity index (χ1n) is 7.53. The minimum Gasteiger partial charge on any atom is -0.497 e. The first-order valence-corrected chi connectivity index (χ1v) is 7.53. The van der Waals surface area contributed by atoms with Gasteiger partial charge in [-0.3, -0.25) is 4.79 Å². The van der Waals surface area contributed by atoms with Gasteiger partial charge in [-0.2, -0.15) is 0 Å². The second kappa shape index (κ2) is 8.08. The third-order valence-electron chi connectivity index (χ3n) is 3.13. The molecular formula is C18H21NO4. The Bertz CT molecular complexity index is 670. The summed E-state index contributed by atoms with van der Waals surface area (Å²) in [6.07, 6.45) is 0. The van der Waals surface area contributed by atoms with Gasteiger partial charge in [-0.05, 0) is 44.2 Å². The Balaban J connectivity index is 2.19. The van der Waals surface area contributed by atoms with Crippen LogP contribution >= 0.6 is 0 Å². The van der Waals surface area contributed by atoms with E-state index in [0.29, 0.717) is 41.7 Å². The van der Waals surface area contributed by atoms with Crippen LogP contribution in [-0.4, -0.2) is 26.2 Å². The second-order valence-corrected chi connectivity index (χ2v) is 4.71. The van der Waals surface area contributed by atoms with Gasteiger partial charge in [-0.15, -0.1) is 0 Å². The number of benzene rings is 2. The molecule has 122 valence electrons. The normalized spacial score (nSPS) is 10.0. The fraction of sp³-hybridized carbons (Fsp3) is 0.278. The number of ether oxygens (including phenoxy) is 3. The maximum atomic E-state index is 12.4. The van der Waals surface area contributed by atoms with Crippen molar-refractivity contribution < 1.29 is 19.0 Å². The maximum absolute atomic E-state index is 12.4. The lowest BCUT2D eigenvalue weighted by atomic mass is 10.1. The van der Waals surface area contributed by atoms with Gasteiger partial charge >= 0.3 is 0 Å². The van der Waals surface area contributed by atoms with E-state index in [1.807, 2.05) is 26.0 Å². The summed E-state index contributed by atoms with van der Waals surface area (Å²) in [4.78, 5) is 12.4. The topological polar surface area (TPSA) is 56.8 Å². The summed E-state index contributed by atoms with van der Waals surface area (Å²) < 4.78 is 16.2. The number of amides is 1. The summed E-state index contributed by atoms with van der Waals surface area (Å²) in [6.45, 7) is 4.83. The number of carbonyl (C=O) groups is 1. The molecule has 2 rings (SSSR count). The van der Waals surface area contributed by atoms with E-state index in [9.17, 15) is 4.79 Å². The van der Waals surface area contributed by atoms with E-state index in [1.54, 1.807) is 37.4 Å². The van der Waals surface area contributed by atoms with Gasteiger partial charge in [0.05, 0.1) is 20.3 Å². The summed E-state index contributed by atoms with van der Waals surface area (Å²) in [5.74, 6) is 1.66. The van der Waals surface area contributed by atoms with Crippen LogP contribution in [-0.2, 0) is 0 Å². The molecule has 0 aliphatic heterocycles. The van der Waals surface area contributed by atoms with Crippen LogP contribution in [0.15, 0.2) is 42.5 Å². The number of anilines is 1. The highest BCUT2D eigenvalue weighted by atomic mass is 16.5. The number of hydrogen-bond donors (Lipinski definition) is 1. The molecule has 0 unspecified atom stereocenters. The molecule has 2 aromatic carbocycles. The number of methoxy groups -OCH3 is 1. The van der Waals surface area contributed by atoms with E-state index in [-0.39, 0.29) is 5.91 Å².